The third-order valence-electron chi connectivity index (χ3n) is 4.99. The first-order chi connectivity index (χ1) is 10.3. The van der Waals surface area contributed by atoms with Crippen molar-refractivity contribution in [3.05, 3.63) is 23.8 Å². The summed E-state index contributed by atoms with van der Waals surface area (Å²) in [5, 5.41) is 0. The summed E-state index contributed by atoms with van der Waals surface area (Å²) in [5.41, 5.74) is 1.16. The van der Waals surface area contributed by atoms with Gasteiger partial charge in [0.05, 0.1) is 6.10 Å². The van der Waals surface area contributed by atoms with Crippen LogP contribution in [-0.4, -0.2) is 35.9 Å². The standard InChI is InChI=1S/C17H22O5/c1-9-5-6-14-17(4,22-14)15(20-11(3)18)8-12-10(2)16(19)21-13(12)7-9/h7,12-15H,2,5-6,8H2,1,3-4H3. The smallest absolute Gasteiger partial charge is 0.334 e. The van der Waals surface area contributed by atoms with Crippen LogP contribution in [0.1, 0.15) is 40.0 Å². The van der Waals surface area contributed by atoms with Gasteiger partial charge in [-0.3, -0.25) is 4.79 Å². The third-order valence-corrected chi connectivity index (χ3v) is 4.99. The summed E-state index contributed by atoms with van der Waals surface area (Å²) < 4.78 is 16.8. The Labute approximate surface area is 130 Å². The molecule has 1 aliphatic carbocycles. The van der Waals surface area contributed by atoms with Crippen molar-refractivity contribution in [2.75, 3.05) is 0 Å². The fourth-order valence-corrected chi connectivity index (χ4v) is 3.51. The fourth-order valence-electron chi connectivity index (χ4n) is 3.51. The maximum Gasteiger partial charge on any atom is 0.334 e. The first-order valence-corrected chi connectivity index (χ1v) is 7.73. The highest BCUT2D eigenvalue weighted by Gasteiger charge is 2.60. The normalized spacial score (nSPS) is 41.0. The van der Waals surface area contributed by atoms with E-state index in [0.717, 1.165) is 12.8 Å². The van der Waals surface area contributed by atoms with Gasteiger partial charge < -0.3 is 14.2 Å². The predicted octanol–water partition coefficient (Wildman–Crippen LogP) is 2.30. The van der Waals surface area contributed by atoms with Crippen LogP contribution in [0.4, 0.5) is 0 Å². The molecule has 0 radical (unpaired) electrons. The fraction of sp³-hybridized carbons (Fsp3) is 0.647. The number of ether oxygens (including phenoxy) is 3. The lowest BCUT2D eigenvalue weighted by Gasteiger charge is -2.26. The van der Waals surface area contributed by atoms with E-state index < -0.39 is 5.60 Å². The Morgan fingerprint density at radius 1 is 1.50 bits per heavy atom. The minimum absolute atomic E-state index is 0.0861. The summed E-state index contributed by atoms with van der Waals surface area (Å²) in [6.45, 7) is 9.27. The van der Waals surface area contributed by atoms with E-state index in [2.05, 4.69) is 6.58 Å². The number of carbonyl (C=O) groups excluding carboxylic acids is 2. The zero-order valence-electron chi connectivity index (χ0n) is 13.3. The molecular formula is C17H22O5. The van der Waals surface area contributed by atoms with Crippen LogP contribution in [0.3, 0.4) is 0 Å². The van der Waals surface area contributed by atoms with Gasteiger partial charge in [0.1, 0.15) is 17.8 Å². The van der Waals surface area contributed by atoms with E-state index in [1.807, 2.05) is 19.9 Å². The highest BCUT2D eigenvalue weighted by Crippen LogP contribution is 2.48. The molecule has 5 unspecified atom stereocenters. The zero-order chi connectivity index (χ0) is 16.1. The summed E-state index contributed by atoms with van der Waals surface area (Å²) in [7, 11) is 0. The van der Waals surface area contributed by atoms with Crippen LogP contribution in [0.25, 0.3) is 0 Å². The van der Waals surface area contributed by atoms with E-state index in [0.29, 0.717) is 12.0 Å². The topological polar surface area (TPSA) is 65.1 Å². The molecule has 2 fully saturated rings. The molecule has 22 heavy (non-hydrogen) atoms. The lowest BCUT2D eigenvalue weighted by molar-refractivity contribution is -0.151. The van der Waals surface area contributed by atoms with Crippen LogP contribution in [0, 0.1) is 5.92 Å². The molecule has 2 heterocycles. The van der Waals surface area contributed by atoms with Gasteiger partial charge in [-0.2, -0.15) is 0 Å². The largest absolute Gasteiger partial charge is 0.459 e. The van der Waals surface area contributed by atoms with Crippen molar-refractivity contribution in [2.45, 2.75) is 63.9 Å². The number of epoxide rings is 1. The molecule has 0 aromatic heterocycles. The lowest BCUT2D eigenvalue weighted by atomic mass is 9.83. The molecule has 5 atom stereocenters. The van der Waals surface area contributed by atoms with Crippen LogP contribution >= 0.6 is 0 Å². The number of rotatable bonds is 1. The van der Waals surface area contributed by atoms with Gasteiger partial charge in [-0.1, -0.05) is 12.2 Å². The van der Waals surface area contributed by atoms with E-state index >= 15 is 0 Å². The molecule has 5 nitrogen and oxygen atoms in total. The second kappa shape index (κ2) is 5.23. The highest BCUT2D eigenvalue weighted by molar-refractivity contribution is 5.91. The van der Waals surface area contributed by atoms with Crippen LogP contribution in [0.15, 0.2) is 23.8 Å². The van der Waals surface area contributed by atoms with E-state index in [4.69, 9.17) is 14.2 Å². The Morgan fingerprint density at radius 2 is 2.23 bits per heavy atom. The molecule has 0 saturated carbocycles. The van der Waals surface area contributed by atoms with Crippen molar-refractivity contribution in [3.8, 4) is 0 Å². The Kier molecular flexibility index (Phi) is 3.63. The van der Waals surface area contributed by atoms with Crippen molar-refractivity contribution in [1.82, 2.24) is 0 Å². The van der Waals surface area contributed by atoms with Crippen molar-refractivity contribution >= 4 is 11.9 Å². The maximum atomic E-state index is 11.9. The van der Waals surface area contributed by atoms with E-state index in [1.54, 1.807) is 0 Å². The van der Waals surface area contributed by atoms with Crippen molar-refractivity contribution in [3.63, 3.8) is 0 Å². The van der Waals surface area contributed by atoms with Crippen LogP contribution in [-0.2, 0) is 23.8 Å². The molecule has 3 aliphatic rings. The van der Waals surface area contributed by atoms with Gasteiger partial charge >= 0.3 is 11.9 Å². The van der Waals surface area contributed by atoms with Crippen LogP contribution in [0.2, 0.25) is 0 Å². The second-order valence-electron chi connectivity index (χ2n) is 6.68. The first-order valence-electron chi connectivity index (χ1n) is 7.73. The summed E-state index contributed by atoms with van der Waals surface area (Å²) >= 11 is 0. The second-order valence-corrected chi connectivity index (χ2v) is 6.68. The molecular weight excluding hydrogens is 284 g/mol. The number of allylic oxidation sites excluding steroid dienone is 1. The van der Waals surface area contributed by atoms with Gasteiger partial charge in [0.15, 0.2) is 0 Å². The molecule has 0 spiro atoms. The zero-order valence-corrected chi connectivity index (χ0v) is 13.3. The van der Waals surface area contributed by atoms with Crippen molar-refractivity contribution in [1.29, 1.82) is 0 Å². The molecule has 120 valence electrons. The SMILES string of the molecule is C=C1C(=O)OC2C=C(C)CCC3OC3(C)C(OC(C)=O)CC12. The van der Waals surface area contributed by atoms with Gasteiger partial charge in [0, 0.05) is 18.4 Å². The number of hydrogen-bond acceptors (Lipinski definition) is 5. The molecule has 3 rings (SSSR count). The van der Waals surface area contributed by atoms with Crippen LogP contribution < -0.4 is 0 Å². The molecule has 2 aliphatic heterocycles. The Balaban J connectivity index is 1.92. The van der Waals surface area contributed by atoms with E-state index in [1.165, 1.54) is 12.5 Å². The summed E-state index contributed by atoms with van der Waals surface area (Å²) in [4.78, 5) is 23.3. The third kappa shape index (κ3) is 2.58. The monoisotopic (exact) mass is 306 g/mol. The summed E-state index contributed by atoms with van der Waals surface area (Å²) in [6.07, 6.45) is 3.62. The van der Waals surface area contributed by atoms with E-state index in [9.17, 15) is 9.59 Å². The Bertz CT molecular complexity index is 563. The first kappa shape index (κ1) is 15.3. The lowest BCUT2D eigenvalue weighted by Crippen LogP contribution is -2.37. The van der Waals surface area contributed by atoms with Gasteiger partial charge in [-0.25, -0.2) is 4.79 Å². The van der Waals surface area contributed by atoms with Gasteiger partial charge in [-0.15, -0.1) is 0 Å². The summed E-state index contributed by atoms with van der Waals surface area (Å²) in [5.74, 6) is -0.874. The number of esters is 2. The molecule has 2 saturated heterocycles. The highest BCUT2D eigenvalue weighted by atomic mass is 16.6. The molecule has 0 aromatic carbocycles. The van der Waals surface area contributed by atoms with Crippen molar-refractivity contribution < 1.29 is 23.8 Å². The average Bonchev–Trinajstić information content (AvgIpc) is 3.03. The molecule has 0 N–H and O–H groups in total. The Morgan fingerprint density at radius 3 is 2.91 bits per heavy atom. The van der Waals surface area contributed by atoms with E-state index in [-0.39, 0.29) is 36.2 Å². The summed E-state index contributed by atoms with van der Waals surface area (Å²) in [6, 6.07) is 0. The van der Waals surface area contributed by atoms with Crippen molar-refractivity contribution in [2.24, 2.45) is 5.92 Å². The minimum Gasteiger partial charge on any atom is -0.459 e. The van der Waals surface area contributed by atoms with Gasteiger partial charge in [0.2, 0.25) is 0 Å². The Hall–Kier alpha value is -1.62. The number of fused-ring (bicyclic) bond motifs is 2. The molecule has 0 aromatic rings. The minimum atomic E-state index is -0.472. The number of carbonyl (C=O) groups is 2. The predicted molar refractivity (Wildman–Crippen MR) is 79.0 cm³/mol. The van der Waals surface area contributed by atoms with Gasteiger partial charge in [-0.05, 0) is 39.2 Å². The maximum absolute atomic E-state index is 11.9. The molecule has 0 bridgehead atoms. The molecule has 0 amide bonds. The average molecular weight is 306 g/mol. The quantitative estimate of drug-likeness (QED) is 0.322. The van der Waals surface area contributed by atoms with Crippen LogP contribution in [0.5, 0.6) is 0 Å². The number of hydrogen-bond donors (Lipinski definition) is 0. The van der Waals surface area contributed by atoms with Gasteiger partial charge in [0.25, 0.3) is 0 Å². The molecule has 5 heteroatoms.